The molecule has 0 saturated carbocycles. The first-order chi connectivity index (χ1) is 16.8. The summed E-state index contributed by atoms with van der Waals surface area (Å²) in [7, 11) is 0. The number of hydrogen-bond acceptors (Lipinski definition) is 7. The van der Waals surface area contributed by atoms with Gasteiger partial charge in [-0.05, 0) is 81.4 Å². The fourth-order valence-electron chi connectivity index (χ4n) is 3.82. The van der Waals surface area contributed by atoms with Crippen molar-refractivity contribution in [3.05, 3.63) is 60.3 Å². The van der Waals surface area contributed by atoms with Crippen LogP contribution in [-0.4, -0.2) is 47.5 Å². The number of nitrogens with one attached hydrogen (secondary N) is 2. The number of halogens is 3. The molecule has 2 N–H and O–H groups in total. The van der Waals surface area contributed by atoms with E-state index in [-0.39, 0.29) is 5.75 Å². The summed E-state index contributed by atoms with van der Waals surface area (Å²) in [5.41, 5.74) is 2.09. The lowest BCUT2D eigenvalue weighted by Crippen LogP contribution is -2.33. The van der Waals surface area contributed by atoms with Gasteiger partial charge in [-0.25, -0.2) is 4.98 Å². The van der Waals surface area contributed by atoms with Gasteiger partial charge in [0.25, 0.3) is 0 Å². The second-order valence-electron chi connectivity index (χ2n) is 8.32. The molecule has 2 heterocycles. The molecule has 0 aliphatic carbocycles. The van der Waals surface area contributed by atoms with Gasteiger partial charge < -0.3 is 20.1 Å². The van der Waals surface area contributed by atoms with Gasteiger partial charge in [0.05, 0.1) is 0 Å². The predicted molar refractivity (Wildman–Crippen MR) is 129 cm³/mol. The van der Waals surface area contributed by atoms with E-state index in [9.17, 15) is 13.2 Å². The van der Waals surface area contributed by atoms with Gasteiger partial charge in [0, 0.05) is 29.7 Å². The Hall–Kier alpha value is -3.53. The highest BCUT2D eigenvalue weighted by Crippen LogP contribution is 2.26. The molecular formula is C25H28F3N5O2. The Morgan fingerprint density at radius 1 is 0.857 bits per heavy atom. The van der Waals surface area contributed by atoms with E-state index in [1.807, 2.05) is 31.2 Å². The summed E-state index contributed by atoms with van der Waals surface area (Å²) in [4.78, 5) is 11.2. The number of piperidine rings is 1. The van der Waals surface area contributed by atoms with Crippen molar-refractivity contribution in [1.29, 1.82) is 0 Å². The van der Waals surface area contributed by atoms with Crippen molar-refractivity contribution in [2.24, 2.45) is 0 Å². The lowest BCUT2D eigenvalue weighted by Gasteiger charge is -2.26. The lowest BCUT2D eigenvalue weighted by atomic mass is 10.1. The summed E-state index contributed by atoms with van der Waals surface area (Å²) in [5, 5.41) is 6.24. The molecule has 2 aromatic carbocycles. The van der Waals surface area contributed by atoms with Crippen LogP contribution >= 0.6 is 0 Å². The van der Waals surface area contributed by atoms with E-state index in [1.54, 1.807) is 6.07 Å². The minimum Gasteiger partial charge on any atom is -0.492 e. The van der Waals surface area contributed by atoms with E-state index < -0.39 is 6.36 Å². The first-order valence-corrected chi connectivity index (χ1v) is 11.5. The van der Waals surface area contributed by atoms with Crippen molar-refractivity contribution in [3.8, 4) is 11.5 Å². The molecular weight excluding hydrogens is 459 g/mol. The SMILES string of the molecule is Cc1cc(Nc2ccc(OCCN3CCCCC3)cc2)nc(Nc2ccc(OC(F)(F)F)cc2)n1. The van der Waals surface area contributed by atoms with Crippen LogP contribution in [0, 0.1) is 6.92 Å². The Morgan fingerprint density at radius 3 is 2.14 bits per heavy atom. The monoisotopic (exact) mass is 487 g/mol. The standard InChI is InChI=1S/C25H28F3N5O2/c1-18-17-23(32-24(29-18)31-20-7-11-22(12-8-20)35-25(26,27)28)30-19-5-9-21(10-6-19)34-16-15-33-13-3-2-4-14-33/h5-12,17H,2-4,13-16H2,1H3,(H2,29,30,31,32). The minimum atomic E-state index is -4.73. The van der Waals surface area contributed by atoms with Gasteiger partial charge >= 0.3 is 6.36 Å². The van der Waals surface area contributed by atoms with Crippen LogP contribution in [0.5, 0.6) is 11.5 Å². The maximum atomic E-state index is 12.3. The third-order valence-electron chi connectivity index (χ3n) is 5.45. The van der Waals surface area contributed by atoms with Crippen LogP contribution < -0.4 is 20.1 Å². The highest BCUT2D eigenvalue weighted by molar-refractivity contribution is 5.61. The predicted octanol–water partition coefficient (Wildman–Crippen LogP) is 6.04. The normalized spacial score (nSPS) is 14.4. The van der Waals surface area contributed by atoms with Crippen LogP contribution in [0.3, 0.4) is 0 Å². The Labute approximate surface area is 202 Å². The van der Waals surface area contributed by atoms with Crippen LogP contribution in [0.1, 0.15) is 25.0 Å². The number of anilines is 4. The molecule has 0 atom stereocenters. The first kappa shape index (κ1) is 24.6. The Kier molecular flexibility index (Phi) is 7.91. The molecule has 1 saturated heterocycles. The number of alkyl halides is 3. The highest BCUT2D eigenvalue weighted by atomic mass is 19.4. The van der Waals surface area contributed by atoms with Crippen molar-refractivity contribution in [2.45, 2.75) is 32.5 Å². The quantitative estimate of drug-likeness (QED) is 0.382. The second kappa shape index (κ2) is 11.3. The summed E-state index contributed by atoms with van der Waals surface area (Å²) in [6.45, 7) is 5.74. The van der Waals surface area contributed by atoms with Gasteiger partial charge in [0.1, 0.15) is 23.9 Å². The fourth-order valence-corrected chi connectivity index (χ4v) is 3.82. The number of nitrogens with zero attached hydrogens (tertiary/aromatic N) is 3. The van der Waals surface area contributed by atoms with Crippen molar-refractivity contribution >= 4 is 23.1 Å². The van der Waals surface area contributed by atoms with E-state index in [0.29, 0.717) is 24.1 Å². The summed E-state index contributed by atoms with van der Waals surface area (Å²) in [6, 6.07) is 14.8. The van der Waals surface area contributed by atoms with Crippen molar-refractivity contribution in [1.82, 2.24) is 14.9 Å². The Bertz CT molecular complexity index is 1090. The zero-order valence-electron chi connectivity index (χ0n) is 19.4. The zero-order valence-corrected chi connectivity index (χ0v) is 19.4. The molecule has 10 heteroatoms. The number of likely N-dealkylation sites (tertiary alicyclic amines) is 1. The van der Waals surface area contributed by atoms with Crippen LogP contribution in [0.2, 0.25) is 0 Å². The van der Waals surface area contributed by atoms with Crippen molar-refractivity contribution < 1.29 is 22.6 Å². The number of hydrogen-bond donors (Lipinski definition) is 2. The minimum absolute atomic E-state index is 0.297. The third kappa shape index (κ3) is 8.03. The van der Waals surface area contributed by atoms with Crippen LogP contribution in [0.4, 0.5) is 36.3 Å². The second-order valence-corrected chi connectivity index (χ2v) is 8.32. The van der Waals surface area contributed by atoms with Crippen LogP contribution in [0.25, 0.3) is 0 Å². The van der Waals surface area contributed by atoms with Crippen LogP contribution in [-0.2, 0) is 0 Å². The number of ether oxygens (including phenoxy) is 2. The maximum absolute atomic E-state index is 12.3. The number of benzene rings is 2. The molecule has 1 fully saturated rings. The van der Waals surface area contributed by atoms with Gasteiger partial charge in [-0.2, -0.15) is 4.98 Å². The van der Waals surface area contributed by atoms with E-state index in [2.05, 4.69) is 30.2 Å². The molecule has 0 spiro atoms. The number of aromatic nitrogens is 2. The van der Waals surface area contributed by atoms with E-state index in [1.165, 1.54) is 43.5 Å². The molecule has 0 amide bonds. The van der Waals surface area contributed by atoms with Gasteiger partial charge in [-0.15, -0.1) is 13.2 Å². The van der Waals surface area contributed by atoms with E-state index in [4.69, 9.17) is 4.74 Å². The third-order valence-corrected chi connectivity index (χ3v) is 5.45. The van der Waals surface area contributed by atoms with E-state index >= 15 is 0 Å². The van der Waals surface area contributed by atoms with Crippen molar-refractivity contribution in [3.63, 3.8) is 0 Å². The smallest absolute Gasteiger partial charge is 0.492 e. The molecule has 0 radical (unpaired) electrons. The topological polar surface area (TPSA) is 71.5 Å². The molecule has 4 rings (SSSR count). The lowest BCUT2D eigenvalue weighted by molar-refractivity contribution is -0.274. The summed E-state index contributed by atoms with van der Waals surface area (Å²) in [6.07, 6.45) is -0.873. The molecule has 0 bridgehead atoms. The van der Waals surface area contributed by atoms with Gasteiger partial charge in [0.15, 0.2) is 0 Å². The Balaban J connectivity index is 1.32. The maximum Gasteiger partial charge on any atom is 0.573 e. The molecule has 0 unspecified atom stereocenters. The number of rotatable bonds is 9. The van der Waals surface area contributed by atoms with Crippen molar-refractivity contribution in [2.75, 3.05) is 36.9 Å². The van der Waals surface area contributed by atoms with E-state index in [0.717, 1.165) is 36.8 Å². The Morgan fingerprint density at radius 2 is 1.49 bits per heavy atom. The molecule has 186 valence electrons. The molecule has 1 aromatic heterocycles. The summed E-state index contributed by atoms with van der Waals surface area (Å²) < 4.78 is 46.8. The number of aryl methyl sites for hydroxylation is 1. The molecule has 7 nitrogen and oxygen atoms in total. The van der Waals surface area contributed by atoms with Gasteiger partial charge in [0.2, 0.25) is 5.95 Å². The molecule has 1 aliphatic rings. The first-order valence-electron chi connectivity index (χ1n) is 11.5. The highest BCUT2D eigenvalue weighted by Gasteiger charge is 2.30. The zero-order chi connectivity index (χ0) is 24.7. The largest absolute Gasteiger partial charge is 0.573 e. The van der Waals surface area contributed by atoms with Crippen LogP contribution in [0.15, 0.2) is 54.6 Å². The average molecular weight is 488 g/mol. The summed E-state index contributed by atoms with van der Waals surface area (Å²) in [5.74, 6) is 1.41. The van der Waals surface area contributed by atoms with Gasteiger partial charge in [-0.1, -0.05) is 6.42 Å². The molecule has 3 aromatic rings. The summed E-state index contributed by atoms with van der Waals surface area (Å²) >= 11 is 0. The average Bonchev–Trinajstić information content (AvgIpc) is 2.81. The fraction of sp³-hybridized carbons (Fsp3) is 0.360. The molecule has 35 heavy (non-hydrogen) atoms. The van der Waals surface area contributed by atoms with Gasteiger partial charge in [-0.3, -0.25) is 4.90 Å². The molecule has 1 aliphatic heterocycles.